The minimum atomic E-state index is -0.969. The van der Waals surface area contributed by atoms with E-state index in [9.17, 15) is 8.78 Å². The quantitative estimate of drug-likeness (QED) is 0.534. The van der Waals surface area contributed by atoms with E-state index in [0.29, 0.717) is 24.4 Å². The van der Waals surface area contributed by atoms with Crippen LogP contribution in [0.3, 0.4) is 0 Å². The van der Waals surface area contributed by atoms with E-state index in [0.717, 1.165) is 23.4 Å². The number of fused-ring (bicyclic) bond motifs is 1. The second-order valence-electron chi connectivity index (χ2n) is 6.45. The first-order valence-corrected chi connectivity index (χ1v) is 8.69. The Kier molecular flexibility index (Phi) is 3.98. The van der Waals surface area contributed by atoms with E-state index in [-0.39, 0.29) is 17.8 Å². The van der Waals surface area contributed by atoms with Crippen LogP contribution >= 0.6 is 0 Å². The summed E-state index contributed by atoms with van der Waals surface area (Å²) < 4.78 is 39.9. The summed E-state index contributed by atoms with van der Waals surface area (Å²) in [5.41, 5.74) is 2.77. The number of halogens is 2. The fraction of sp³-hybridized carbons (Fsp3) is 0.150. The minimum Gasteiger partial charge on any atom is -0.365 e. The van der Waals surface area contributed by atoms with E-state index in [1.165, 1.54) is 6.07 Å². The van der Waals surface area contributed by atoms with Gasteiger partial charge in [0.15, 0.2) is 17.3 Å². The van der Waals surface area contributed by atoms with Crippen molar-refractivity contribution in [3.63, 3.8) is 0 Å². The van der Waals surface area contributed by atoms with Crippen molar-refractivity contribution in [2.75, 3.05) is 0 Å². The summed E-state index contributed by atoms with van der Waals surface area (Å²) in [6, 6.07) is 13.4. The molecule has 0 spiro atoms. The zero-order valence-electron chi connectivity index (χ0n) is 14.5. The molecule has 3 heterocycles. The molecule has 1 aliphatic rings. The number of benzene rings is 2. The summed E-state index contributed by atoms with van der Waals surface area (Å²) in [5, 5.41) is 3.86. The van der Waals surface area contributed by atoms with E-state index >= 15 is 0 Å². The Balaban J connectivity index is 1.43. The summed E-state index contributed by atoms with van der Waals surface area (Å²) in [5.74, 6) is -1.53. The Morgan fingerprint density at radius 3 is 2.71 bits per heavy atom. The fourth-order valence-electron chi connectivity index (χ4n) is 3.25. The second-order valence-corrected chi connectivity index (χ2v) is 6.45. The number of hydrogen-bond acceptors (Lipinski definition) is 5. The highest BCUT2D eigenvalue weighted by Crippen LogP contribution is 2.31. The van der Waals surface area contributed by atoms with E-state index in [2.05, 4.69) is 15.1 Å². The maximum absolute atomic E-state index is 13.5. The molecule has 1 atom stereocenters. The second kappa shape index (κ2) is 6.65. The van der Waals surface area contributed by atoms with Gasteiger partial charge in [-0.1, -0.05) is 35.5 Å². The molecule has 5 rings (SSSR count). The number of imidazole rings is 1. The van der Waals surface area contributed by atoms with Crippen LogP contribution in [0.1, 0.15) is 17.4 Å². The zero-order chi connectivity index (χ0) is 19.1. The predicted molar refractivity (Wildman–Crippen MR) is 94.8 cm³/mol. The van der Waals surface area contributed by atoms with Crippen molar-refractivity contribution in [3.05, 3.63) is 77.8 Å². The molecular formula is C20H14F2N4O2. The molecule has 28 heavy (non-hydrogen) atoms. The number of rotatable bonds is 3. The Hall–Kier alpha value is -3.39. The highest BCUT2D eigenvalue weighted by Gasteiger charge is 2.26. The molecule has 0 aliphatic carbocycles. The Morgan fingerprint density at radius 2 is 1.89 bits per heavy atom. The molecule has 1 unspecified atom stereocenters. The van der Waals surface area contributed by atoms with Gasteiger partial charge in [0, 0.05) is 5.56 Å². The summed E-state index contributed by atoms with van der Waals surface area (Å²) >= 11 is 0. The summed E-state index contributed by atoms with van der Waals surface area (Å²) in [6.45, 7) is 0.967. The summed E-state index contributed by atoms with van der Waals surface area (Å²) in [7, 11) is 0. The third-order valence-corrected chi connectivity index (χ3v) is 4.71. The molecule has 2 aromatic carbocycles. The van der Waals surface area contributed by atoms with E-state index in [4.69, 9.17) is 9.26 Å². The first-order chi connectivity index (χ1) is 13.7. The van der Waals surface area contributed by atoms with Crippen LogP contribution in [0.15, 0.2) is 59.4 Å². The molecule has 0 N–H and O–H groups in total. The number of nitrogens with zero attached hydrogens (tertiary/aromatic N) is 4. The van der Waals surface area contributed by atoms with Gasteiger partial charge in [-0.25, -0.2) is 13.8 Å². The lowest BCUT2D eigenvalue weighted by Gasteiger charge is -2.25. The molecule has 6 nitrogen and oxygen atoms in total. The van der Waals surface area contributed by atoms with Gasteiger partial charge in [0.2, 0.25) is 5.82 Å². The highest BCUT2D eigenvalue weighted by atomic mass is 19.2. The summed E-state index contributed by atoms with van der Waals surface area (Å²) in [4.78, 5) is 8.67. The molecule has 0 amide bonds. The third-order valence-electron chi connectivity index (χ3n) is 4.71. The molecule has 0 saturated heterocycles. The fourth-order valence-corrected chi connectivity index (χ4v) is 3.25. The van der Waals surface area contributed by atoms with Crippen molar-refractivity contribution in [2.24, 2.45) is 0 Å². The molecule has 8 heteroatoms. The maximum atomic E-state index is 13.5. The number of ether oxygens (including phenoxy) is 1. The van der Waals surface area contributed by atoms with Crippen LogP contribution in [0.5, 0.6) is 0 Å². The maximum Gasteiger partial charge on any atom is 0.278 e. The Morgan fingerprint density at radius 1 is 1.04 bits per heavy atom. The van der Waals surface area contributed by atoms with Gasteiger partial charge < -0.3 is 13.8 Å². The van der Waals surface area contributed by atoms with Crippen LogP contribution in [-0.2, 0) is 17.9 Å². The molecule has 4 aromatic rings. The first kappa shape index (κ1) is 16.8. The van der Waals surface area contributed by atoms with Crippen LogP contribution < -0.4 is 0 Å². The third kappa shape index (κ3) is 2.87. The van der Waals surface area contributed by atoms with Gasteiger partial charge in [-0.3, -0.25) is 0 Å². The molecular weight excluding hydrogens is 366 g/mol. The Bertz CT molecular complexity index is 1140. The largest absolute Gasteiger partial charge is 0.365 e. The first-order valence-electron chi connectivity index (χ1n) is 8.69. The van der Waals surface area contributed by atoms with Gasteiger partial charge in [0.05, 0.1) is 25.2 Å². The standard InChI is InChI=1S/C20H14F2N4O2/c21-14-7-6-13(8-15(14)22)19-24-20(28-25-19)18-16-10-27-17(9-26(16)11-23-18)12-4-2-1-3-5-12/h1-8,11,17H,9-10H2. The monoisotopic (exact) mass is 380 g/mol. The molecule has 0 radical (unpaired) electrons. The van der Waals surface area contributed by atoms with E-state index in [1.54, 1.807) is 6.33 Å². The lowest BCUT2D eigenvalue weighted by atomic mass is 10.1. The topological polar surface area (TPSA) is 66.0 Å². The number of hydrogen-bond donors (Lipinski definition) is 0. The molecule has 0 saturated carbocycles. The van der Waals surface area contributed by atoms with Gasteiger partial charge in [-0.05, 0) is 23.8 Å². The Labute approximate surface area is 158 Å². The smallest absolute Gasteiger partial charge is 0.278 e. The van der Waals surface area contributed by atoms with Crippen molar-refractivity contribution < 1.29 is 18.0 Å². The van der Waals surface area contributed by atoms with Crippen molar-refractivity contribution in [3.8, 4) is 23.0 Å². The van der Waals surface area contributed by atoms with Gasteiger partial charge in [-0.15, -0.1) is 0 Å². The molecule has 0 fully saturated rings. The van der Waals surface area contributed by atoms with Crippen molar-refractivity contribution >= 4 is 0 Å². The van der Waals surface area contributed by atoms with Crippen LogP contribution in [0, 0.1) is 11.6 Å². The van der Waals surface area contributed by atoms with E-state index in [1.807, 2.05) is 34.9 Å². The van der Waals surface area contributed by atoms with Gasteiger partial charge >= 0.3 is 0 Å². The van der Waals surface area contributed by atoms with Crippen molar-refractivity contribution in [2.45, 2.75) is 19.3 Å². The van der Waals surface area contributed by atoms with Crippen LogP contribution in [-0.4, -0.2) is 19.7 Å². The predicted octanol–water partition coefficient (Wildman–Crippen LogP) is 4.15. The molecule has 2 aromatic heterocycles. The van der Waals surface area contributed by atoms with Crippen molar-refractivity contribution in [1.82, 2.24) is 19.7 Å². The van der Waals surface area contributed by atoms with Crippen LogP contribution in [0.25, 0.3) is 23.0 Å². The normalized spacial score (nSPS) is 16.1. The SMILES string of the molecule is Fc1ccc(-c2noc(-c3ncn4c3COC(c3ccccc3)C4)n2)cc1F. The van der Waals surface area contributed by atoms with Crippen LogP contribution in [0.4, 0.5) is 8.78 Å². The molecule has 140 valence electrons. The van der Waals surface area contributed by atoms with Gasteiger partial charge in [-0.2, -0.15) is 4.98 Å². The molecule has 1 aliphatic heterocycles. The lowest BCUT2D eigenvalue weighted by molar-refractivity contribution is 0.00330. The van der Waals surface area contributed by atoms with Gasteiger partial charge in [0.25, 0.3) is 5.89 Å². The molecule has 0 bridgehead atoms. The average Bonchev–Trinajstić information content (AvgIpc) is 3.37. The number of aromatic nitrogens is 4. The van der Waals surface area contributed by atoms with Gasteiger partial charge in [0.1, 0.15) is 6.10 Å². The highest BCUT2D eigenvalue weighted by molar-refractivity contribution is 5.59. The summed E-state index contributed by atoms with van der Waals surface area (Å²) in [6.07, 6.45) is 1.65. The van der Waals surface area contributed by atoms with Crippen molar-refractivity contribution in [1.29, 1.82) is 0 Å². The lowest BCUT2D eigenvalue weighted by Crippen LogP contribution is -2.20. The van der Waals surface area contributed by atoms with Crippen LogP contribution in [0.2, 0.25) is 0 Å². The van der Waals surface area contributed by atoms with E-state index < -0.39 is 11.6 Å². The zero-order valence-corrected chi connectivity index (χ0v) is 14.5. The minimum absolute atomic E-state index is 0.0591. The average molecular weight is 380 g/mol.